The molecule has 5 amide bonds. The molecular weight excluding hydrogens is 592 g/mol. The Kier molecular flexibility index (Phi) is 18.7. The highest BCUT2D eigenvalue weighted by atomic mass is 16.4. The molecule has 0 aromatic heterocycles. The second-order valence-corrected chi connectivity index (χ2v) is 13.7. The molecule has 0 aliphatic carbocycles. The minimum absolute atomic E-state index is 0.0891. The maximum absolute atomic E-state index is 13.6. The van der Waals surface area contributed by atoms with Gasteiger partial charge in [0.15, 0.2) is 0 Å². The van der Waals surface area contributed by atoms with Gasteiger partial charge in [0.2, 0.25) is 29.5 Å². The van der Waals surface area contributed by atoms with Crippen molar-refractivity contribution in [1.29, 1.82) is 0 Å². The number of carboxylic acids is 1. The topological polar surface area (TPSA) is 209 Å². The molecule has 0 unspecified atom stereocenters. The van der Waals surface area contributed by atoms with Crippen LogP contribution in [0.1, 0.15) is 102 Å². The van der Waals surface area contributed by atoms with E-state index in [9.17, 15) is 33.9 Å². The third kappa shape index (κ3) is 12.9. The van der Waals surface area contributed by atoms with Crippen LogP contribution in [0.3, 0.4) is 0 Å². The molecule has 0 aromatic carbocycles. The lowest BCUT2D eigenvalue weighted by Crippen LogP contribution is -2.62. The molecule has 13 nitrogen and oxygen atoms in total. The van der Waals surface area contributed by atoms with Crippen LogP contribution < -0.4 is 32.3 Å². The third-order valence-corrected chi connectivity index (χ3v) is 8.87. The lowest BCUT2D eigenvalue weighted by atomic mass is 9.94. The fraction of sp³-hybridized carbons (Fsp3) is 0.818. The minimum Gasteiger partial charge on any atom is -0.480 e. The number of carbonyl (C=O) groups is 6. The standard InChI is InChI=1S/C33H62N6O7/c1-13-19(10)22(34)28(40)38-26(20(11)14-2)31(43)36-23(16(4)5)29(41)35-24(17(6)7)30(42)39-27(21(12)15-3)32(44)37-25(18(8)9)33(45)46/h16-27H,13-15,34H2,1-12H3,(H,35,41)(H,36,43)(H,37,44)(H,38,40)(H,39,42)(H,45,46)/t19-,20-,21-,22-,23-,24-,25-,26-,27-/m0/s1. The van der Waals surface area contributed by atoms with Gasteiger partial charge in [-0.05, 0) is 35.5 Å². The molecule has 0 aliphatic rings. The SMILES string of the molecule is CC[C@H](C)[C@H](N)C(=O)N[C@H](C(=O)N[C@H](C(=O)N[C@H](C(=O)N[C@H](C(=O)N[C@H](C(=O)O)C(C)C)[C@@H](C)CC)C(C)C)C(C)C)[C@@H](C)CC. The van der Waals surface area contributed by atoms with E-state index in [0.717, 1.165) is 0 Å². The van der Waals surface area contributed by atoms with E-state index in [2.05, 4.69) is 26.6 Å². The maximum Gasteiger partial charge on any atom is 0.326 e. The number of aliphatic carboxylic acids is 1. The van der Waals surface area contributed by atoms with Crippen molar-refractivity contribution in [3.63, 3.8) is 0 Å². The van der Waals surface area contributed by atoms with E-state index in [-0.39, 0.29) is 29.6 Å². The first-order chi connectivity index (χ1) is 21.2. The Balaban J connectivity index is 6.03. The molecule has 13 heteroatoms. The molecule has 46 heavy (non-hydrogen) atoms. The van der Waals surface area contributed by atoms with E-state index in [0.29, 0.717) is 19.3 Å². The highest BCUT2D eigenvalue weighted by molar-refractivity contribution is 5.96. The van der Waals surface area contributed by atoms with Gasteiger partial charge in [-0.2, -0.15) is 0 Å². The van der Waals surface area contributed by atoms with Crippen molar-refractivity contribution in [3.05, 3.63) is 0 Å². The number of carbonyl (C=O) groups excluding carboxylic acids is 5. The molecule has 0 spiro atoms. The molecule has 0 aromatic rings. The fourth-order valence-electron chi connectivity index (χ4n) is 4.72. The normalized spacial score (nSPS) is 17.5. The Morgan fingerprint density at radius 2 is 0.717 bits per heavy atom. The first-order valence-electron chi connectivity index (χ1n) is 16.7. The van der Waals surface area contributed by atoms with Crippen molar-refractivity contribution in [3.8, 4) is 0 Å². The summed E-state index contributed by atoms with van der Waals surface area (Å²) in [5.41, 5.74) is 6.10. The predicted octanol–water partition coefficient (Wildman–Crippen LogP) is 1.93. The molecule has 0 aliphatic heterocycles. The van der Waals surface area contributed by atoms with Crippen LogP contribution in [-0.2, 0) is 28.8 Å². The molecule has 0 saturated carbocycles. The van der Waals surface area contributed by atoms with Crippen LogP contribution in [0.15, 0.2) is 0 Å². The van der Waals surface area contributed by atoms with E-state index in [1.54, 1.807) is 48.5 Å². The molecule has 0 heterocycles. The first-order valence-corrected chi connectivity index (χ1v) is 16.7. The van der Waals surface area contributed by atoms with Crippen LogP contribution in [-0.4, -0.2) is 76.9 Å². The van der Waals surface area contributed by atoms with Gasteiger partial charge in [0.1, 0.15) is 30.2 Å². The van der Waals surface area contributed by atoms with Crippen molar-refractivity contribution >= 4 is 35.5 Å². The summed E-state index contributed by atoms with van der Waals surface area (Å²) in [6, 6.07) is -6.00. The highest BCUT2D eigenvalue weighted by Gasteiger charge is 2.37. The van der Waals surface area contributed by atoms with Gasteiger partial charge in [-0.25, -0.2) is 4.79 Å². The summed E-state index contributed by atoms with van der Waals surface area (Å²) in [7, 11) is 0. The Bertz CT molecular complexity index is 1030. The lowest BCUT2D eigenvalue weighted by Gasteiger charge is -2.32. The van der Waals surface area contributed by atoms with E-state index >= 15 is 0 Å². The van der Waals surface area contributed by atoms with Crippen LogP contribution >= 0.6 is 0 Å². The molecular formula is C33H62N6O7. The van der Waals surface area contributed by atoms with E-state index in [1.807, 2.05) is 34.6 Å². The van der Waals surface area contributed by atoms with Crippen LogP contribution in [0.2, 0.25) is 0 Å². The van der Waals surface area contributed by atoms with E-state index in [4.69, 9.17) is 5.73 Å². The van der Waals surface area contributed by atoms with Gasteiger partial charge in [0.05, 0.1) is 6.04 Å². The molecule has 0 fully saturated rings. The zero-order valence-corrected chi connectivity index (χ0v) is 30.0. The smallest absolute Gasteiger partial charge is 0.326 e. The van der Waals surface area contributed by atoms with Crippen LogP contribution in [0.5, 0.6) is 0 Å². The van der Waals surface area contributed by atoms with Gasteiger partial charge in [0.25, 0.3) is 0 Å². The van der Waals surface area contributed by atoms with Gasteiger partial charge in [-0.1, -0.05) is 102 Å². The Morgan fingerprint density at radius 3 is 1.00 bits per heavy atom. The highest BCUT2D eigenvalue weighted by Crippen LogP contribution is 2.15. The Hall–Kier alpha value is -3.22. The van der Waals surface area contributed by atoms with E-state index in [1.165, 1.54) is 0 Å². The number of rotatable bonds is 20. The van der Waals surface area contributed by atoms with Gasteiger partial charge in [-0.15, -0.1) is 0 Å². The number of amides is 5. The lowest BCUT2D eigenvalue weighted by molar-refractivity contribution is -0.144. The first kappa shape index (κ1) is 42.8. The summed E-state index contributed by atoms with van der Waals surface area (Å²) in [5, 5.41) is 23.1. The van der Waals surface area contributed by atoms with E-state index < -0.39 is 77.7 Å². The van der Waals surface area contributed by atoms with Gasteiger partial charge in [-0.3, -0.25) is 24.0 Å². The number of nitrogens with one attached hydrogen (secondary N) is 5. The van der Waals surface area contributed by atoms with Crippen molar-refractivity contribution in [2.75, 3.05) is 0 Å². The Labute approximate surface area is 275 Å². The average molecular weight is 655 g/mol. The Morgan fingerprint density at radius 1 is 0.457 bits per heavy atom. The number of nitrogens with two attached hydrogens (primary N) is 1. The third-order valence-electron chi connectivity index (χ3n) is 8.87. The summed E-state index contributed by atoms with van der Waals surface area (Å²) < 4.78 is 0. The summed E-state index contributed by atoms with van der Waals surface area (Å²) in [4.78, 5) is 78.4. The summed E-state index contributed by atoms with van der Waals surface area (Å²) >= 11 is 0. The number of hydrogen-bond acceptors (Lipinski definition) is 7. The van der Waals surface area contributed by atoms with Gasteiger partial charge in [0, 0.05) is 0 Å². The average Bonchev–Trinajstić information content (AvgIpc) is 2.99. The van der Waals surface area contributed by atoms with Crippen molar-refractivity contribution in [1.82, 2.24) is 26.6 Å². The summed E-state index contributed by atoms with van der Waals surface area (Å²) in [5.74, 6) is -5.84. The predicted molar refractivity (Wildman–Crippen MR) is 178 cm³/mol. The summed E-state index contributed by atoms with van der Waals surface area (Å²) in [6.07, 6.45) is 1.80. The second kappa shape index (κ2) is 20.1. The van der Waals surface area contributed by atoms with Crippen LogP contribution in [0.4, 0.5) is 0 Å². The minimum atomic E-state index is -1.18. The molecule has 0 radical (unpaired) electrons. The number of hydrogen-bond donors (Lipinski definition) is 7. The zero-order chi connectivity index (χ0) is 36.0. The summed E-state index contributed by atoms with van der Waals surface area (Å²) in [6.45, 7) is 21.4. The quantitative estimate of drug-likeness (QED) is 0.103. The number of carboxylic acid groups (broad SMARTS) is 1. The second-order valence-electron chi connectivity index (χ2n) is 13.7. The van der Waals surface area contributed by atoms with Crippen molar-refractivity contribution in [2.24, 2.45) is 41.2 Å². The van der Waals surface area contributed by atoms with Crippen molar-refractivity contribution < 1.29 is 33.9 Å². The molecule has 8 N–H and O–H groups in total. The maximum atomic E-state index is 13.6. The molecule has 266 valence electrons. The molecule has 9 atom stereocenters. The van der Waals surface area contributed by atoms with Gasteiger partial charge < -0.3 is 37.4 Å². The zero-order valence-electron chi connectivity index (χ0n) is 30.0. The monoisotopic (exact) mass is 654 g/mol. The van der Waals surface area contributed by atoms with Crippen molar-refractivity contribution in [2.45, 2.75) is 139 Å². The molecule has 0 saturated heterocycles. The molecule has 0 bridgehead atoms. The van der Waals surface area contributed by atoms with Crippen LogP contribution in [0, 0.1) is 35.5 Å². The van der Waals surface area contributed by atoms with Gasteiger partial charge >= 0.3 is 5.97 Å². The fourth-order valence-corrected chi connectivity index (χ4v) is 4.72. The molecule has 0 rings (SSSR count). The van der Waals surface area contributed by atoms with Crippen LogP contribution in [0.25, 0.3) is 0 Å². The largest absolute Gasteiger partial charge is 0.480 e.